The summed E-state index contributed by atoms with van der Waals surface area (Å²) < 4.78 is 6.02. The van der Waals surface area contributed by atoms with Gasteiger partial charge in [-0.15, -0.1) is 0 Å². The predicted molar refractivity (Wildman–Crippen MR) is 88.7 cm³/mol. The molecule has 3 nitrogen and oxygen atoms in total. The number of nitrogens with one attached hydrogen (secondary N) is 1. The molecule has 3 rings (SSSR count). The van der Waals surface area contributed by atoms with Crippen LogP contribution in [-0.4, -0.2) is 18.6 Å². The summed E-state index contributed by atoms with van der Waals surface area (Å²) in [6, 6.07) is 11.4. The molecule has 2 aromatic rings. The molecular formula is C17H15Cl2NO2. The second-order valence-corrected chi connectivity index (χ2v) is 6.09. The van der Waals surface area contributed by atoms with Crippen LogP contribution in [0.1, 0.15) is 12.5 Å². The van der Waals surface area contributed by atoms with Gasteiger partial charge in [0, 0.05) is 24.5 Å². The van der Waals surface area contributed by atoms with Crippen molar-refractivity contribution in [2.45, 2.75) is 19.4 Å². The van der Waals surface area contributed by atoms with Crippen LogP contribution in [0.4, 0.5) is 0 Å². The molecule has 1 heterocycles. The summed E-state index contributed by atoms with van der Waals surface area (Å²) in [7, 11) is 0. The molecule has 22 heavy (non-hydrogen) atoms. The van der Waals surface area contributed by atoms with Gasteiger partial charge in [-0.1, -0.05) is 47.5 Å². The highest BCUT2D eigenvalue weighted by Gasteiger charge is 2.27. The molecule has 0 bridgehead atoms. The van der Waals surface area contributed by atoms with E-state index in [9.17, 15) is 4.79 Å². The van der Waals surface area contributed by atoms with Crippen molar-refractivity contribution >= 4 is 29.1 Å². The first-order valence-corrected chi connectivity index (χ1v) is 7.79. The van der Waals surface area contributed by atoms with Gasteiger partial charge in [0.1, 0.15) is 11.9 Å². The van der Waals surface area contributed by atoms with Crippen LogP contribution in [-0.2, 0) is 11.2 Å². The van der Waals surface area contributed by atoms with E-state index < -0.39 is 0 Å². The van der Waals surface area contributed by atoms with Gasteiger partial charge in [0.25, 0.3) is 0 Å². The number of carbonyl (C=O) groups excluding carboxylic acids is 1. The lowest BCUT2D eigenvalue weighted by molar-refractivity contribution is -0.119. The van der Waals surface area contributed by atoms with E-state index in [2.05, 4.69) is 5.32 Å². The maximum atomic E-state index is 11.0. The van der Waals surface area contributed by atoms with Crippen molar-refractivity contribution < 1.29 is 9.53 Å². The average molecular weight is 336 g/mol. The van der Waals surface area contributed by atoms with Gasteiger partial charge < -0.3 is 10.1 Å². The fraction of sp³-hybridized carbons (Fsp3) is 0.235. The van der Waals surface area contributed by atoms with E-state index in [1.807, 2.05) is 36.4 Å². The molecule has 0 spiro atoms. The van der Waals surface area contributed by atoms with Crippen LogP contribution in [0.15, 0.2) is 36.4 Å². The predicted octanol–water partition coefficient (Wildman–Crippen LogP) is 4.10. The zero-order valence-electron chi connectivity index (χ0n) is 12.0. The second-order valence-electron chi connectivity index (χ2n) is 5.27. The van der Waals surface area contributed by atoms with Crippen LogP contribution < -0.4 is 10.1 Å². The van der Waals surface area contributed by atoms with Crippen LogP contribution in [0.25, 0.3) is 11.1 Å². The van der Waals surface area contributed by atoms with Gasteiger partial charge in [0.05, 0.1) is 16.6 Å². The molecule has 5 heteroatoms. The summed E-state index contributed by atoms with van der Waals surface area (Å²) in [5, 5.41) is 3.97. The molecule has 0 aromatic heterocycles. The lowest BCUT2D eigenvalue weighted by atomic mass is 10.0. The molecule has 2 aromatic carbocycles. The Balaban J connectivity index is 1.95. The van der Waals surface area contributed by atoms with Gasteiger partial charge in [0.15, 0.2) is 0 Å². The normalized spacial score (nSPS) is 16.0. The van der Waals surface area contributed by atoms with Crippen LogP contribution >= 0.6 is 23.2 Å². The van der Waals surface area contributed by atoms with Crippen molar-refractivity contribution in [3.05, 3.63) is 52.0 Å². The van der Waals surface area contributed by atoms with Crippen LogP contribution in [0.3, 0.4) is 0 Å². The molecule has 0 aliphatic carbocycles. The summed E-state index contributed by atoms with van der Waals surface area (Å²) in [6.07, 6.45) is 0.687. The Hall–Kier alpha value is -1.71. The fourth-order valence-electron chi connectivity index (χ4n) is 2.66. The van der Waals surface area contributed by atoms with Gasteiger partial charge in [-0.05, 0) is 17.7 Å². The van der Waals surface area contributed by atoms with Gasteiger partial charge in [0.2, 0.25) is 5.91 Å². The molecule has 114 valence electrons. The molecule has 0 radical (unpaired) electrons. The van der Waals surface area contributed by atoms with E-state index in [1.54, 1.807) is 0 Å². The quantitative estimate of drug-likeness (QED) is 0.916. The third-order valence-corrected chi connectivity index (χ3v) is 4.27. The van der Waals surface area contributed by atoms with E-state index in [1.165, 1.54) is 6.92 Å². The van der Waals surface area contributed by atoms with Crippen molar-refractivity contribution in [3.63, 3.8) is 0 Å². The Labute approximate surface area is 139 Å². The third-order valence-electron chi connectivity index (χ3n) is 3.64. The summed E-state index contributed by atoms with van der Waals surface area (Å²) in [6.45, 7) is 1.98. The van der Waals surface area contributed by atoms with Gasteiger partial charge in [-0.25, -0.2) is 0 Å². The lowest BCUT2D eigenvalue weighted by Gasteiger charge is -2.14. The molecular weight excluding hydrogens is 321 g/mol. The van der Waals surface area contributed by atoms with Gasteiger partial charge in [-0.3, -0.25) is 4.79 Å². The largest absolute Gasteiger partial charge is 0.487 e. The van der Waals surface area contributed by atoms with Crippen LogP contribution in [0, 0.1) is 0 Å². The smallest absolute Gasteiger partial charge is 0.217 e. The molecule has 1 atom stereocenters. The standard InChI is InChI=1S/C17H15Cl2NO2/c1-10(21)20-9-12-8-11-4-2-5-13(17(11)22-12)16-14(18)6-3-7-15(16)19/h2-7,12H,8-9H2,1H3,(H,20,21)/t12-/m1/s1. The minimum Gasteiger partial charge on any atom is -0.487 e. The van der Waals surface area contributed by atoms with Gasteiger partial charge >= 0.3 is 0 Å². The number of halogens is 2. The number of hydrogen-bond acceptors (Lipinski definition) is 2. The third kappa shape index (κ3) is 2.92. The maximum Gasteiger partial charge on any atom is 0.217 e. The highest BCUT2D eigenvalue weighted by atomic mass is 35.5. The monoisotopic (exact) mass is 335 g/mol. The number of para-hydroxylation sites is 1. The summed E-state index contributed by atoms with van der Waals surface area (Å²) in [5.41, 5.74) is 2.77. The molecule has 1 aliphatic rings. The molecule has 1 N–H and O–H groups in total. The molecule has 0 saturated heterocycles. The molecule has 0 saturated carbocycles. The Bertz CT molecular complexity index is 710. The number of fused-ring (bicyclic) bond motifs is 1. The van der Waals surface area contributed by atoms with Crippen molar-refractivity contribution in [2.75, 3.05) is 6.54 Å². The average Bonchev–Trinajstić information content (AvgIpc) is 2.88. The number of carbonyl (C=O) groups is 1. The van der Waals surface area contributed by atoms with Crippen LogP contribution in [0.2, 0.25) is 10.0 Å². The number of hydrogen-bond donors (Lipinski definition) is 1. The topological polar surface area (TPSA) is 38.3 Å². The minimum absolute atomic E-state index is 0.0612. The Morgan fingerprint density at radius 3 is 2.59 bits per heavy atom. The van der Waals surface area contributed by atoms with E-state index in [0.717, 1.165) is 28.9 Å². The molecule has 1 aliphatic heterocycles. The second kappa shape index (κ2) is 6.19. The Morgan fingerprint density at radius 2 is 1.91 bits per heavy atom. The maximum absolute atomic E-state index is 11.0. The highest BCUT2D eigenvalue weighted by Crippen LogP contribution is 2.44. The Kier molecular flexibility index (Phi) is 4.27. The van der Waals surface area contributed by atoms with Crippen molar-refractivity contribution in [3.8, 4) is 16.9 Å². The first-order chi connectivity index (χ1) is 10.6. The van der Waals surface area contributed by atoms with Gasteiger partial charge in [-0.2, -0.15) is 0 Å². The first-order valence-electron chi connectivity index (χ1n) is 7.03. The lowest BCUT2D eigenvalue weighted by Crippen LogP contribution is -2.32. The van der Waals surface area contributed by atoms with E-state index in [4.69, 9.17) is 27.9 Å². The zero-order valence-corrected chi connectivity index (χ0v) is 13.5. The summed E-state index contributed by atoms with van der Waals surface area (Å²) >= 11 is 12.6. The molecule has 0 unspecified atom stereocenters. The van der Waals surface area contributed by atoms with E-state index in [0.29, 0.717) is 16.6 Å². The SMILES string of the molecule is CC(=O)NC[C@H]1Cc2cccc(-c3c(Cl)cccc3Cl)c2O1. The summed E-state index contributed by atoms with van der Waals surface area (Å²) in [4.78, 5) is 11.0. The van der Waals surface area contributed by atoms with Crippen LogP contribution in [0.5, 0.6) is 5.75 Å². The van der Waals surface area contributed by atoms with Crippen molar-refractivity contribution in [1.82, 2.24) is 5.32 Å². The highest BCUT2D eigenvalue weighted by molar-refractivity contribution is 6.39. The first kappa shape index (κ1) is 15.2. The minimum atomic E-state index is -0.0682. The molecule has 1 amide bonds. The summed E-state index contributed by atoms with van der Waals surface area (Å²) in [5.74, 6) is 0.738. The van der Waals surface area contributed by atoms with E-state index >= 15 is 0 Å². The number of ether oxygens (including phenoxy) is 1. The molecule has 0 fully saturated rings. The van der Waals surface area contributed by atoms with E-state index in [-0.39, 0.29) is 12.0 Å². The zero-order chi connectivity index (χ0) is 15.7. The van der Waals surface area contributed by atoms with Crippen molar-refractivity contribution in [1.29, 1.82) is 0 Å². The number of rotatable bonds is 3. The fourth-order valence-corrected chi connectivity index (χ4v) is 3.26. The number of amides is 1. The number of benzene rings is 2. The Morgan fingerprint density at radius 1 is 1.23 bits per heavy atom. The van der Waals surface area contributed by atoms with Crippen molar-refractivity contribution in [2.24, 2.45) is 0 Å².